The lowest BCUT2D eigenvalue weighted by molar-refractivity contribution is -0.128. The van der Waals surface area contributed by atoms with Crippen LogP contribution in [0.2, 0.25) is 0 Å². The molecule has 4 heteroatoms. The Morgan fingerprint density at radius 2 is 1.94 bits per heavy atom. The minimum absolute atomic E-state index is 0.0730. The maximum absolute atomic E-state index is 11.7. The van der Waals surface area contributed by atoms with E-state index in [0.717, 1.165) is 0 Å². The van der Waals surface area contributed by atoms with Crippen molar-refractivity contribution in [3.05, 3.63) is 35.4 Å². The third-order valence-electron chi connectivity index (χ3n) is 2.49. The van der Waals surface area contributed by atoms with Crippen molar-refractivity contribution in [2.24, 2.45) is 0 Å². The number of carboxylic acids is 1. The number of aromatic carboxylic acids is 1. The number of benzene rings is 1. The summed E-state index contributed by atoms with van der Waals surface area (Å²) in [6.45, 7) is 2.50. The fraction of sp³-hybridized carbons (Fsp3) is 0.333. The summed E-state index contributed by atoms with van der Waals surface area (Å²) in [4.78, 5) is 24.1. The second-order valence-electron chi connectivity index (χ2n) is 3.55. The molecule has 4 nitrogen and oxygen atoms in total. The molecule has 16 heavy (non-hydrogen) atoms. The second kappa shape index (κ2) is 5.30. The van der Waals surface area contributed by atoms with E-state index in [1.165, 1.54) is 6.07 Å². The summed E-state index contributed by atoms with van der Waals surface area (Å²) in [7, 11) is 1.70. The molecule has 1 aromatic carbocycles. The van der Waals surface area contributed by atoms with Crippen LogP contribution in [0.15, 0.2) is 24.3 Å². The lowest BCUT2D eigenvalue weighted by Crippen LogP contribution is -2.28. The van der Waals surface area contributed by atoms with Gasteiger partial charge >= 0.3 is 5.97 Å². The lowest BCUT2D eigenvalue weighted by atomic mass is 10.0. The first-order valence-electron chi connectivity index (χ1n) is 5.11. The van der Waals surface area contributed by atoms with Gasteiger partial charge in [0, 0.05) is 13.6 Å². The molecule has 0 aliphatic heterocycles. The van der Waals surface area contributed by atoms with Gasteiger partial charge in [0.2, 0.25) is 5.91 Å². The van der Waals surface area contributed by atoms with Crippen LogP contribution >= 0.6 is 0 Å². The van der Waals surface area contributed by atoms with E-state index in [-0.39, 0.29) is 17.9 Å². The highest BCUT2D eigenvalue weighted by Gasteiger charge is 2.14. The summed E-state index contributed by atoms with van der Waals surface area (Å²) in [6, 6.07) is 6.57. The lowest BCUT2D eigenvalue weighted by Gasteiger charge is -2.15. The number of hydrogen-bond donors (Lipinski definition) is 1. The first-order chi connectivity index (χ1) is 7.56. The smallest absolute Gasteiger partial charge is 0.335 e. The fourth-order valence-corrected chi connectivity index (χ4v) is 1.36. The minimum Gasteiger partial charge on any atom is -0.478 e. The van der Waals surface area contributed by atoms with Crippen molar-refractivity contribution >= 4 is 11.9 Å². The summed E-state index contributed by atoms with van der Waals surface area (Å²) in [5, 5.41) is 8.95. The molecule has 1 rings (SSSR count). The Morgan fingerprint density at radius 1 is 1.31 bits per heavy atom. The average Bonchev–Trinajstić information content (AvgIpc) is 2.28. The molecule has 0 fully saturated rings. The first-order valence-corrected chi connectivity index (χ1v) is 5.11. The van der Waals surface area contributed by atoms with Crippen molar-refractivity contribution in [3.8, 4) is 0 Å². The standard InChI is InChI=1S/C12H15NO3/c1-3-13(2)11(14)8-9-6-4-5-7-10(9)12(15)16/h4-7H,3,8H2,1-2H3,(H,15,16). The summed E-state index contributed by atoms with van der Waals surface area (Å²) in [5.74, 6) is -1.07. The molecule has 0 aliphatic rings. The van der Waals surface area contributed by atoms with Crippen molar-refractivity contribution in [2.75, 3.05) is 13.6 Å². The number of carboxylic acid groups (broad SMARTS) is 1. The number of hydrogen-bond acceptors (Lipinski definition) is 2. The van der Waals surface area contributed by atoms with Crippen LogP contribution in [0.25, 0.3) is 0 Å². The van der Waals surface area contributed by atoms with E-state index in [2.05, 4.69) is 0 Å². The van der Waals surface area contributed by atoms with Gasteiger partial charge in [0.25, 0.3) is 0 Å². The molecule has 0 atom stereocenters. The minimum atomic E-state index is -0.998. The van der Waals surface area contributed by atoms with Crippen molar-refractivity contribution < 1.29 is 14.7 Å². The highest BCUT2D eigenvalue weighted by Crippen LogP contribution is 2.10. The van der Waals surface area contributed by atoms with Gasteiger partial charge in [-0.15, -0.1) is 0 Å². The normalized spacial score (nSPS) is 9.88. The van der Waals surface area contributed by atoms with E-state index in [1.807, 2.05) is 6.92 Å². The van der Waals surface area contributed by atoms with Gasteiger partial charge in [0.05, 0.1) is 12.0 Å². The molecule has 0 heterocycles. The average molecular weight is 221 g/mol. The zero-order valence-corrected chi connectivity index (χ0v) is 9.43. The van der Waals surface area contributed by atoms with Crippen LogP contribution in [-0.2, 0) is 11.2 Å². The van der Waals surface area contributed by atoms with Crippen molar-refractivity contribution in [3.63, 3.8) is 0 Å². The van der Waals surface area contributed by atoms with Crippen LogP contribution in [-0.4, -0.2) is 35.5 Å². The Labute approximate surface area is 94.5 Å². The predicted octanol–water partition coefficient (Wildman–Crippen LogP) is 1.41. The van der Waals surface area contributed by atoms with E-state index in [1.54, 1.807) is 30.1 Å². The van der Waals surface area contributed by atoms with Gasteiger partial charge in [-0.3, -0.25) is 4.79 Å². The molecule has 0 aliphatic carbocycles. The van der Waals surface area contributed by atoms with Crippen LogP contribution < -0.4 is 0 Å². The van der Waals surface area contributed by atoms with Crippen molar-refractivity contribution in [1.82, 2.24) is 4.90 Å². The number of nitrogens with zero attached hydrogens (tertiary/aromatic N) is 1. The first kappa shape index (κ1) is 12.2. The third kappa shape index (κ3) is 2.82. The Balaban J connectivity index is 2.89. The number of carbonyl (C=O) groups is 2. The molecule has 0 unspecified atom stereocenters. The SMILES string of the molecule is CCN(C)C(=O)Cc1ccccc1C(=O)O. The van der Waals surface area contributed by atoms with Crippen LogP contribution in [0.3, 0.4) is 0 Å². The highest BCUT2D eigenvalue weighted by molar-refractivity contribution is 5.91. The summed E-state index contributed by atoms with van der Waals surface area (Å²) in [6.07, 6.45) is 0.132. The largest absolute Gasteiger partial charge is 0.478 e. The Kier molecular flexibility index (Phi) is 4.05. The van der Waals surface area contributed by atoms with Crippen LogP contribution in [0.4, 0.5) is 0 Å². The Hall–Kier alpha value is -1.84. The molecule has 0 spiro atoms. The van der Waals surface area contributed by atoms with E-state index in [9.17, 15) is 9.59 Å². The summed E-state index contributed by atoms with van der Waals surface area (Å²) >= 11 is 0. The topological polar surface area (TPSA) is 57.6 Å². The van der Waals surface area contributed by atoms with Gasteiger partial charge in [-0.25, -0.2) is 4.79 Å². The second-order valence-corrected chi connectivity index (χ2v) is 3.55. The van der Waals surface area contributed by atoms with Gasteiger partial charge in [-0.1, -0.05) is 18.2 Å². The van der Waals surface area contributed by atoms with Crippen molar-refractivity contribution in [1.29, 1.82) is 0 Å². The molecule has 0 bridgehead atoms. The van der Waals surface area contributed by atoms with Gasteiger partial charge in [-0.2, -0.15) is 0 Å². The van der Waals surface area contributed by atoms with E-state index in [4.69, 9.17) is 5.11 Å². The van der Waals surface area contributed by atoms with E-state index >= 15 is 0 Å². The van der Waals surface area contributed by atoms with Crippen molar-refractivity contribution in [2.45, 2.75) is 13.3 Å². The predicted molar refractivity (Wildman–Crippen MR) is 60.4 cm³/mol. The quantitative estimate of drug-likeness (QED) is 0.836. The third-order valence-corrected chi connectivity index (χ3v) is 2.49. The van der Waals surface area contributed by atoms with Gasteiger partial charge < -0.3 is 10.0 Å². The summed E-state index contributed by atoms with van der Waals surface area (Å²) < 4.78 is 0. The summed E-state index contributed by atoms with van der Waals surface area (Å²) in [5.41, 5.74) is 0.751. The molecule has 1 aromatic rings. The van der Waals surface area contributed by atoms with Crippen LogP contribution in [0.5, 0.6) is 0 Å². The maximum Gasteiger partial charge on any atom is 0.335 e. The van der Waals surface area contributed by atoms with E-state index < -0.39 is 5.97 Å². The van der Waals surface area contributed by atoms with Gasteiger partial charge in [0.1, 0.15) is 0 Å². The highest BCUT2D eigenvalue weighted by atomic mass is 16.4. The molecule has 1 amide bonds. The molecular weight excluding hydrogens is 206 g/mol. The molecule has 0 saturated carbocycles. The number of likely N-dealkylation sites (N-methyl/N-ethyl adjacent to an activating group) is 1. The molecule has 1 N–H and O–H groups in total. The fourth-order valence-electron chi connectivity index (χ4n) is 1.36. The number of rotatable bonds is 4. The Bertz CT molecular complexity index is 401. The monoisotopic (exact) mass is 221 g/mol. The zero-order valence-electron chi connectivity index (χ0n) is 9.43. The number of amides is 1. The molecular formula is C12H15NO3. The maximum atomic E-state index is 11.7. The van der Waals surface area contributed by atoms with Gasteiger partial charge in [0.15, 0.2) is 0 Å². The van der Waals surface area contributed by atoms with Crippen LogP contribution in [0, 0.1) is 0 Å². The molecule has 0 saturated heterocycles. The number of carbonyl (C=O) groups excluding carboxylic acids is 1. The molecule has 0 radical (unpaired) electrons. The Morgan fingerprint density at radius 3 is 2.50 bits per heavy atom. The van der Waals surface area contributed by atoms with Crippen LogP contribution in [0.1, 0.15) is 22.8 Å². The molecule has 86 valence electrons. The zero-order chi connectivity index (χ0) is 12.1. The van der Waals surface area contributed by atoms with Gasteiger partial charge in [-0.05, 0) is 18.6 Å². The van der Waals surface area contributed by atoms with E-state index in [0.29, 0.717) is 12.1 Å². The molecule has 0 aromatic heterocycles.